The molecule has 1 aliphatic carbocycles. The minimum Gasteiger partial charge on any atom is -0.314 e. The van der Waals surface area contributed by atoms with Gasteiger partial charge in [-0.15, -0.1) is 11.3 Å². The van der Waals surface area contributed by atoms with Gasteiger partial charge in [-0.2, -0.15) is 0 Å². The van der Waals surface area contributed by atoms with Gasteiger partial charge in [-0.05, 0) is 60.3 Å². The van der Waals surface area contributed by atoms with Gasteiger partial charge in [0.2, 0.25) is 0 Å². The molecule has 0 bridgehead atoms. The minimum absolute atomic E-state index is 0.473. The Labute approximate surface area is 135 Å². The van der Waals surface area contributed by atoms with Crippen LogP contribution in [0, 0.1) is 16.7 Å². The van der Waals surface area contributed by atoms with Gasteiger partial charge in [0, 0.05) is 17.5 Å². The first-order valence-electron chi connectivity index (χ1n) is 8.57. The lowest BCUT2D eigenvalue weighted by Gasteiger charge is -2.44. The summed E-state index contributed by atoms with van der Waals surface area (Å²) in [5, 5.41) is 5.95. The first kappa shape index (κ1) is 17.0. The number of hydrogen-bond donors (Lipinski definition) is 1. The SMILES string of the molecule is CC(C)NCC1(Cc2cccs2)CCC(C(C)(C)C)CC1. The Morgan fingerprint density at radius 1 is 1.29 bits per heavy atom. The van der Waals surface area contributed by atoms with E-state index in [4.69, 9.17) is 0 Å². The summed E-state index contributed by atoms with van der Waals surface area (Å²) in [4.78, 5) is 1.56. The van der Waals surface area contributed by atoms with E-state index in [1.165, 1.54) is 38.6 Å². The summed E-state index contributed by atoms with van der Waals surface area (Å²) < 4.78 is 0. The van der Waals surface area contributed by atoms with Gasteiger partial charge in [0.15, 0.2) is 0 Å². The van der Waals surface area contributed by atoms with Crippen LogP contribution in [0.1, 0.15) is 65.2 Å². The van der Waals surface area contributed by atoms with Crippen molar-refractivity contribution in [3.63, 3.8) is 0 Å². The van der Waals surface area contributed by atoms with Gasteiger partial charge in [0.1, 0.15) is 0 Å². The molecule has 1 saturated carbocycles. The lowest BCUT2D eigenvalue weighted by Crippen LogP contribution is -2.43. The predicted molar refractivity (Wildman–Crippen MR) is 95.0 cm³/mol. The molecule has 1 aromatic heterocycles. The second-order valence-corrected chi connectivity index (χ2v) is 9.46. The molecule has 0 unspecified atom stereocenters. The van der Waals surface area contributed by atoms with Crippen LogP contribution >= 0.6 is 11.3 Å². The van der Waals surface area contributed by atoms with Gasteiger partial charge in [-0.1, -0.05) is 40.7 Å². The molecule has 2 heteroatoms. The third-order valence-electron chi connectivity index (χ3n) is 5.29. The Hall–Kier alpha value is -0.340. The van der Waals surface area contributed by atoms with Crippen LogP contribution in [0.15, 0.2) is 17.5 Å². The van der Waals surface area contributed by atoms with Crippen LogP contribution < -0.4 is 5.32 Å². The zero-order valence-electron chi connectivity index (χ0n) is 14.5. The van der Waals surface area contributed by atoms with E-state index in [0.717, 1.165) is 5.92 Å². The van der Waals surface area contributed by atoms with Gasteiger partial charge in [0.25, 0.3) is 0 Å². The molecule has 0 aromatic carbocycles. The molecule has 0 radical (unpaired) electrons. The Morgan fingerprint density at radius 3 is 2.43 bits per heavy atom. The van der Waals surface area contributed by atoms with Crippen molar-refractivity contribution < 1.29 is 0 Å². The molecule has 120 valence electrons. The van der Waals surface area contributed by atoms with Crippen LogP contribution in [-0.2, 0) is 6.42 Å². The molecule has 0 saturated heterocycles. The van der Waals surface area contributed by atoms with Crippen LogP contribution in [0.3, 0.4) is 0 Å². The summed E-state index contributed by atoms with van der Waals surface area (Å²) in [6, 6.07) is 5.10. The molecule has 1 nitrogen and oxygen atoms in total. The van der Waals surface area contributed by atoms with Crippen LogP contribution in [0.5, 0.6) is 0 Å². The highest BCUT2D eigenvalue weighted by Crippen LogP contribution is 2.47. The number of rotatable bonds is 5. The maximum absolute atomic E-state index is 3.73. The minimum atomic E-state index is 0.473. The second-order valence-electron chi connectivity index (χ2n) is 8.43. The zero-order valence-corrected chi connectivity index (χ0v) is 15.4. The maximum Gasteiger partial charge on any atom is 0.00512 e. The highest BCUT2D eigenvalue weighted by molar-refractivity contribution is 7.09. The summed E-state index contributed by atoms with van der Waals surface area (Å²) in [6.45, 7) is 12.9. The van der Waals surface area contributed by atoms with Crippen molar-refractivity contribution >= 4 is 11.3 Å². The Kier molecular flexibility index (Phi) is 5.54. The molecule has 1 aromatic rings. The third kappa shape index (κ3) is 4.82. The Bertz CT molecular complexity index is 405. The molecule has 1 N–H and O–H groups in total. The van der Waals surface area contributed by atoms with Gasteiger partial charge < -0.3 is 5.32 Å². The molecule has 0 spiro atoms. The highest BCUT2D eigenvalue weighted by Gasteiger charge is 2.38. The normalized spacial score (nSPS) is 27.2. The first-order chi connectivity index (χ1) is 9.81. The van der Waals surface area contributed by atoms with Gasteiger partial charge >= 0.3 is 0 Å². The second kappa shape index (κ2) is 6.83. The van der Waals surface area contributed by atoms with Crippen molar-refractivity contribution in [1.29, 1.82) is 0 Å². The van der Waals surface area contributed by atoms with E-state index >= 15 is 0 Å². The molecule has 21 heavy (non-hydrogen) atoms. The average Bonchev–Trinajstić information content (AvgIpc) is 2.89. The fourth-order valence-corrected chi connectivity index (χ4v) is 4.59. The molecule has 0 atom stereocenters. The van der Waals surface area contributed by atoms with Crippen LogP contribution in [0.4, 0.5) is 0 Å². The fraction of sp³-hybridized carbons (Fsp3) is 0.789. The zero-order chi connectivity index (χ0) is 15.5. The van der Waals surface area contributed by atoms with E-state index in [-0.39, 0.29) is 0 Å². The van der Waals surface area contributed by atoms with E-state index in [1.807, 2.05) is 11.3 Å². The number of thiophene rings is 1. The Balaban J connectivity index is 2.04. The van der Waals surface area contributed by atoms with Gasteiger partial charge in [0.05, 0.1) is 0 Å². The van der Waals surface area contributed by atoms with Crippen molar-refractivity contribution in [2.75, 3.05) is 6.54 Å². The predicted octanol–water partition coefficient (Wildman–Crippen LogP) is 5.51. The van der Waals surface area contributed by atoms with E-state index < -0.39 is 0 Å². The largest absolute Gasteiger partial charge is 0.314 e. The van der Waals surface area contributed by atoms with Crippen molar-refractivity contribution in [2.45, 2.75) is 72.8 Å². The lowest BCUT2D eigenvalue weighted by molar-refractivity contribution is 0.0852. The average molecular weight is 308 g/mol. The number of nitrogens with one attached hydrogen (secondary N) is 1. The summed E-state index contributed by atoms with van der Waals surface area (Å²) in [5.41, 5.74) is 0.956. The molecular formula is C19H33NS. The van der Waals surface area contributed by atoms with Crippen molar-refractivity contribution in [1.82, 2.24) is 5.32 Å². The first-order valence-corrected chi connectivity index (χ1v) is 9.44. The molecule has 0 amide bonds. The molecule has 2 rings (SSSR count). The van der Waals surface area contributed by atoms with Crippen LogP contribution in [0.2, 0.25) is 0 Å². The van der Waals surface area contributed by atoms with Crippen LogP contribution in [0.25, 0.3) is 0 Å². The third-order valence-corrected chi connectivity index (χ3v) is 6.16. The fourth-order valence-electron chi connectivity index (χ4n) is 3.72. The van der Waals surface area contributed by atoms with Crippen molar-refractivity contribution in [2.24, 2.45) is 16.7 Å². The maximum atomic E-state index is 3.73. The molecule has 1 heterocycles. The van der Waals surface area contributed by atoms with Gasteiger partial charge in [-0.25, -0.2) is 0 Å². The van der Waals surface area contributed by atoms with E-state index in [0.29, 0.717) is 16.9 Å². The lowest BCUT2D eigenvalue weighted by atomic mass is 9.63. The van der Waals surface area contributed by atoms with E-state index in [9.17, 15) is 0 Å². The standard InChI is InChI=1S/C19H33NS/c1-15(2)20-14-19(13-17-7-6-12-21-17)10-8-16(9-11-19)18(3,4)5/h6-7,12,15-16,20H,8-11,13-14H2,1-5H3. The highest BCUT2D eigenvalue weighted by atomic mass is 32.1. The number of hydrogen-bond acceptors (Lipinski definition) is 2. The van der Waals surface area contributed by atoms with Gasteiger partial charge in [-0.3, -0.25) is 0 Å². The summed E-state index contributed by atoms with van der Waals surface area (Å²) >= 11 is 1.93. The monoisotopic (exact) mass is 307 g/mol. The van der Waals surface area contributed by atoms with Crippen LogP contribution in [-0.4, -0.2) is 12.6 Å². The Morgan fingerprint density at radius 2 is 1.95 bits per heavy atom. The van der Waals surface area contributed by atoms with E-state index in [2.05, 4.69) is 57.4 Å². The molecule has 1 aliphatic rings. The van der Waals surface area contributed by atoms with Crippen molar-refractivity contribution in [3.05, 3.63) is 22.4 Å². The summed E-state index contributed by atoms with van der Waals surface area (Å²) in [7, 11) is 0. The summed E-state index contributed by atoms with van der Waals surface area (Å²) in [5.74, 6) is 0.896. The molecule has 1 fully saturated rings. The van der Waals surface area contributed by atoms with E-state index in [1.54, 1.807) is 4.88 Å². The summed E-state index contributed by atoms with van der Waals surface area (Å²) in [6.07, 6.45) is 6.82. The quantitative estimate of drug-likeness (QED) is 0.756. The molecule has 0 aliphatic heterocycles. The smallest absolute Gasteiger partial charge is 0.00512 e. The van der Waals surface area contributed by atoms with Crippen molar-refractivity contribution in [3.8, 4) is 0 Å². The molecular weight excluding hydrogens is 274 g/mol. The topological polar surface area (TPSA) is 12.0 Å².